The summed E-state index contributed by atoms with van der Waals surface area (Å²) in [7, 11) is 0. The highest BCUT2D eigenvalue weighted by molar-refractivity contribution is 9.10. The second kappa shape index (κ2) is 8.59. The fourth-order valence-electron chi connectivity index (χ4n) is 2.10. The van der Waals surface area contributed by atoms with Gasteiger partial charge in [0, 0.05) is 10.5 Å². The van der Waals surface area contributed by atoms with Gasteiger partial charge in [0.25, 0.3) is 5.91 Å². The molecule has 0 unspecified atom stereocenters. The second-order valence-corrected chi connectivity index (χ2v) is 6.15. The van der Waals surface area contributed by atoms with Crippen molar-refractivity contribution in [3.8, 4) is 5.75 Å². The predicted octanol–water partition coefficient (Wildman–Crippen LogP) is 3.97. The van der Waals surface area contributed by atoms with Crippen LogP contribution in [0.3, 0.4) is 0 Å². The van der Waals surface area contributed by atoms with E-state index in [0.717, 1.165) is 17.3 Å². The lowest BCUT2D eigenvalue weighted by atomic mass is 10.1. The number of carbonyl (C=O) groups excluding carboxylic acids is 1. The van der Waals surface area contributed by atoms with Crippen molar-refractivity contribution < 1.29 is 9.53 Å². The number of aryl methyl sites for hydroxylation is 1. The van der Waals surface area contributed by atoms with E-state index in [-0.39, 0.29) is 18.6 Å². The van der Waals surface area contributed by atoms with Crippen LogP contribution in [0.2, 0.25) is 0 Å². The highest BCUT2D eigenvalue weighted by Crippen LogP contribution is 2.15. The Balaban J connectivity index is 1.68. The number of nitrogens with one attached hydrogen (secondary N) is 1. The smallest absolute Gasteiger partial charge is 0.258 e. The lowest BCUT2D eigenvalue weighted by Crippen LogP contribution is -2.36. The van der Waals surface area contributed by atoms with Crippen LogP contribution in [0.4, 0.5) is 0 Å². The van der Waals surface area contributed by atoms with Crippen LogP contribution in [0.15, 0.2) is 59.1 Å². The van der Waals surface area contributed by atoms with Crippen molar-refractivity contribution in [3.63, 3.8) is 0 Å². The molecule has 116 valence electrons. The molecule has 22 heavy (non-hydrogen) atoms. The molecule has 0 aliphatic carbocycles. The third-order valence-electron chi connectivity index (χ3n) is 3.30. The van der Waals surface area contributed by atoms with Crippen LogP contribution in [-0.2, 0) is 11.2 Å². The van der Waals surface area contributed by atoms with Gasteiger partial charge in [-0.05, 0) is 49.6 Å². The summed E-state index contributed by atoms with van der Waals surface area (Å²) in [6.45, 7) is 2.05. The van der Waals surface area contributed by atoms with E-state index in [4.69, 9.17) is 4.74 Å². The monoisotopic (exact) mass is 361 g/mol. The van der Waals surface area contributed by atoms with Gasteiger partial charge in [0.1, 0.15) is 5.75 Å². The Labute approximate surface area is 139 Å². The van der Waals surface area contributed by atoms with Gasteiger partial charge in [0.15, 0.2) is 6.61 Å². The lowest BCUT2D eigenvalue weighted by molar-refractivity contribution is -0.123. The van der Waals surface area contributed by atoms with Gasteiger partial charge in [-0.1, -0.05) is 46.3 Å². The van der Waals surface area contributed by atoms with E-state index in [1.807, 2.05) is 49.4 Å². The van der Waals surface area contributed by atoms with Crippen molar-refractivity contribution in [1.82, 2.24) is 5.32 Å². The zero-order valence-electron chi connectivity index (χ0n) is 12.6. The third kappa shape index (κ3) is 5.90. The van der Waals surface area contributed by atoms with Gasteiger partial charge < -0.3 is 10.1 Å². The van der Waals surface area contributed by atoms with Gasteiger partial charge >= 0.3 is 0 Å². The lowest BCUT2D eigenvalue weighted by Gasteiger charge is -2.14. The summed E-state index contributed by atoms with van der Waals surface area (Å²) in [5.74, 6) is 0.596. The molecule has 0 bridgehead atoms. The first-order valence-electron chi connectivity index (χ1n) is 7.35. The number of ether oxygens (including phenoxy) is 1. The Morgan fingerprint density at radius 3 is 2.50 bits per heavy atom. The molecular formula is C18H20BrNO2. The van der Waals surface area contributed by atoms with Crippen LogP contribution >= 0.6 is 15.9 Å². The number of carbonyl (C=O) groups is 1. The minimum Gasteiger partial charge on any atom is -0.484 e. The Morgan fingerprint density at radius 1 is 1.14 bits per heavy atom. The summed E-state index contributed by atoms with van der Waals surface area (Å²) in [6, 6.07) is 17.8. The maximum atomic E-state index is 11.9. The minimum absolute atomic E-state index is 0.0390. The summed E-state index contributed by atoms with van der Waals surface area (Å²) >= 11 is 3.36. The molecule has 3 nitrogen and oxygen atoms in total. The first-order valence-corrected chi connectivity index (χ1v) is 8.14. The van der Waals surface area contributed by atoms with E-state index in [9.17, 15) is 4.79 Å². The molecule has 4 heteroatoms. The largest absolute Gasteiger partial charge is 0.484 e. The number of amides is 1. The molecular weight excluding hydrogens is 342 g/mol. The minimum atomic E-state index is -0.0940. The van der Waals surface area contributed by atoms with E-state index in [2.05, 4.69) is 33.4 Å². The van der Waals surface area contributed by atoms with Gasteiger partial charge in [-0.2, -0.15) is 0 Å². The summed E-state index contributed by atoms with van der Waals surface area (Å²) in [5, 5.41) is 2.96. The van der Waals surface area contributed by atoms with E-state index in [1.54, 1.807) is 0 Å². The molecule has 0 saturated heterocycles. The molecule has 0 heterocycles. The fourth-order valence-corrected chi connectivity index (χ4v) is 2.36. The van der Waals surface area contributed by atoms with Gasteiger partial charge in [-0.3, -0.25) is 4.79 Å². The summed E-state index contributed by atoms with van der Waals surface area (Å²) in [5.41, 5.74) is 1.29. The average Bonchev–Trinajstić information content (AvgIpc) is 2.53. The Hall–Kier alpha value is -1.81. The molecule has 2 aromatic rings. The quantitative estimate of drug-likeness (QED) is 0.810. The molecule has 1 atom stereocenters. The molecule has 0 saturated carbocycles. The topological polar surface area (TPSA) is 38.3 Å². The van der Waals surface area contributed by atoms with Gasteiger partial charge in [-0.15, -0.1) is 0 Å². The predicted molar refractivity (Wildman–Crippen MR) is 92.0 cm³/mol. The van der Waals surface area contributed by atoms with Crippen molar-refractivity contribution in [1.29, 1.82) is 0 Å². The standard InChI is InChI=1S/C18H20BrNO2/c1-14(7-8-15-5-3-2-4-6-15)20-18(21)13-22-17-11-9-16(19)10-12-17/h2-6,9-12,14H,7-8,13H2,1H3,(H,20,21)/t14-/m1/s1. The maximum absolute atomic E-state index is 11.9. The molecule has 0 aliphatic heterocycles. The van der Waals surface area contributed by atoms with E-state index < -0.39 is 0 Å². The fraction of sp³-hybridized carbons (Fsp3) is 0.278. The van der Waals surface area contributed by atoms with E-state index in [1.165, 1.54) is 5.56 Å². The normalized spacial score (nSPS) is 11.7. The third-order valence-corrected chi connectivity index (χ3v) is 3.83. The maximum Gasteiger partial charge on any atom is 0.258 e. The molecule has 1 amide bonds. The average molecular weight is 362 g/mol. The molecule has 1 N–H and O–H groups in total. The van der Waals surface area contributed by atoms with Crippen LogP contribution in [0, 0.1) is 0 Å². The van der Waals surface area contributed by atoms with Crippen LogP contribution in [0.5, 0.6) is 5.75 Å². The molecule has 0 aromatic heterocycles. The van der Waals surface area contributed by atoms with Crippen LogP contribution in [0.25, 0.3) is 0 Å². The van der Waals surface area contributed by atoms with Crippen LogP contribution in [-0.4, -0.2) is 18.6 Å². The first kappa shape index (κ1) is 16.6. The number of rotatable bonds is 7. The summed E-state index contributed by atoms with van der Waals surface area (Å²) in [6.07, 6.45) is 1.86. The van der Waals surface area contributed by atoms with E-state index >= 15 is 0 Å². The van der Waals surface area contributed by atoms with Crippen molar-refractivity contribution in [2.75, 3.05) is 6.61 Å². The van der Waals surface area contributed by atoms with E-state index in [0.29, 0.717) is 5.75 Å². The molecule has 0 spiro atoms. The van der Waals surface area contributed by atoms with Gasteiger partial charge in [0.05, 0.1) is 0 Å². The first-order chi connectivity index (χ1) is 10.6. The Bertz CT molecular complexity index is 584. The van der Waals surface area contributed by atoms with Crippen molar-refractivity contribution >= 4 is 21.8 Å². The molecule has 2 rings (SSSR count). The van der Waals surface area contributed by atoms with Gasteiger partial charge in [0.2, 0.25) is 0 Å². The van der Waals surface area contributed by atoms with Crippen LogP contribution in [0.1, 0.15) is 18.9 Å². The highest BCUT2D eigenvalue weighted by Gasteiger charge is 2.08. The molecule has 2 aromatic carbocycles. The molecule has 0 aliphatic rings. The Kier molecular flexibility index (Phi) is 6.46. The number of hydrogen-bond acceptors (Lipinski definition) is 2. The Morgan fingerprint density at radius 2 is 1.82 bits per heavy atom. The van der Waals surface area contributed by atoms with Gasteiger partial charge in [-0.25, -0.2) is 0 Å². The molecule has 0 radical (unpaired) electrons. The summed E-state index contributed by atoms with van der Waals surface area (Å²) in [4.78, 5) is 11.9. The number of halogens is 1. The van der Waals surface area contributed by atoms with Crippen molar-refractivity contribution in [2.24, 2.45) is 0 Å². The zero-order chi connectivity index (χ0) is 15.8. The highest BCUT2D eigenvalue weighted by atomic mass is 79.9. The van der Waals surface area contributed by atoms with Crippen molar-refractivity contribution in [3.05, 3.63) is 64.6 Å². The zero-order valence-corrected chi connectivity index (χ0v) is 14.2. The molecule has 0 fully saturated rings. The second-order valence-electron chi connectivity index (χ2n) is 5.24. The van der Waals surface area contributed by atoms with Crippen molar-refractivity contribution in [2.45, 2.75) is 25.8 Å². The number of benzene rings is 2. The van der Waals surface area contributed by atoms with Crippen LogP contribution < -0.4 is 10.1 Å². The number of hydrogen-bond donors (Lipinski definition) is 1. The summed E-state index contributed by atoms with van der Waals surface area (Å²) < 4.78 is 6.44. The SMILES string of the molecule is C[C@H](CCc1ccccc1)NC(=O)COc1ccc(Br)cc1.